The van der Waals surface area contributed by atoms with Gasteiger partial charge in [0.15, 0.2) is 18.3 Å². The third kappa shape index (κ3) is 10.9. The lowest BCUT2D eigenvalue weighted by molar-refractivity contribution is -0.183. The van der Waals surface area contributed by atoms with E-state index < -0.39 is 67.3 Å². The quantitative estimate of drug-likeness (QED) is 0.148. The van der Waals surface area contributed by atoms with E-state index in [0.29, 0.717) is 38.5 Å². The Morgan fingerprint density at radius 2 is 0.800 bits per heavy atom. The SMILES string of the molecule is O=C(OC(COC(=O)C1CCCCC1)C(OC(=O)C1CCCCC1)C(COC(=O)C1CCCCC1)OC(=O)c1ccccc1)c1ccccc1. The van der Waals surface area contributed by atoms with Gasteiger partial charge in [-0.2, -0.15) is 0 Å². The van der Waals surface area contributed by atoms with Crippen LogP contribution in [0.2, 0.25) is 0 Å². The van der Waals surface area contributed by atoms with Gasteiger partial charge in [-0.1, -0.05) is 94.2 Å². The van der Waals surface area contributed by atoms with Crippen LogP contribution in [0.15, 0.2) is 60.7 Å². The molecular weight excluding hydrogens is 640 g/mol. The van der Waals surface area contributed by atoms with Crippen LogP contribution in [0.4, 0.5) is 0 Å². The second-order valence-electron chi connectivity index (χ2n) is 13.8. The summed E-state index contributed by atoms with van der Waals surface area (Å²) < 4.78 is 29.7. The maximum atomic E-state index is 13.8. The molecule has 0 aromatic heterocycles. The molecular formula is C40H50O10. The first kappa shape index (κ1) is 37.1. The highest BCUT2D eigenvalue weighted by molar-refractivity contribution is 5.90. The van der Waals surface area contributed by atoms with E-state index in [-0.39, 0.29) is 23.0 Å². The lowest BCUT2D eigenvalue weighted by Gasteiger charge is -2.34. The number of carbonyl (C=O) groups excluding carboxylic acids is 5. The van der Waals surface area contributed by atoms with Crippen molar-refractivity contribution in [1.82, 2.24) is 0 Å². The summed E-state index contributed by atoms with van der Waals surface area (Å²) in [4.78, 5) is 67.3. The summed E-state index contributed by atoms with van der Waals surface area (Å²) in [6.07, 6.45) is 8.31. The molecule has 0 radical (unpaired) electrons. The van der Waals surface area contributed by atoms with Gasteiger partial charge in [-0.05, 0) is 62.8 Å². The van der Waals surface area contributed by atoms with Crippen molar-refractivity contribution in [1.29, 1.82) is 0 Å². The third-order valence-electron chi connectivity index (χ3n) is 10.1. The minimum absolute atomic E-state index is 0.232. The number of hydrogen-bond donors (Lipinski definition) is 0. The Balaban J connectivity index is 1.46. The summed E-state index contributed by atoms with van der Waals surface area (Å²) in [5.41, 5.74) is 0.463. The number of ether oxygens (including phenoxy) is 5. The number of hydrogen-bond acceptors (Lipinski definition) is 10. The van der Waals surface area contributed by atoms with Gasteiger partial charge >= 0.3 is 29.8 Å². The zero-order chi connectivity index (χ0) is 35.1. The maximum Gasteiger partial charge on any atom is 0.338 e. The Bertz CT molecular complexity index is 1300. The van der Waals surface area contributed by atoms with E-state index in [1.807, 2.05) is 0 Å². The van der Waals surface area contributed by atoms with Gasteiger partial charge in [0.2, 0.25) is 0 Å². The number of esters is 5. The third-order valence-corrected chi connectivity index (χ3v) is 10.1. The Morgan fingerprint density at radius 1 is 0.460 bits per heavy atom. The van der Waals surface area contributed by atoms with Crippen molar-refractivity contribution >= 4 is 29.8 Å². The molecule has 2 atom stereocenters. The van der Waals surface area contributed by atoms with E-state index in [0.717, 1.165) is 57.8 Å². The first-order valence-electron chi connectivity index (χ1n) is 18.4. The Hall–Kier alpha value is -4.21. The molecule has 10 nitrogen and oxygen atoms in total. The highest BCUT2D eigenvalue weighted by atomic mass is 16.6. The molecule has 2 aromatic rings. The summed E-state index contributed by atoms with van der Waals surface area (Å²) >= 11 is 0. The molecule has 0 heterocycles. The molecule has 3 fully saturated rings. The van der Waals surface area contributed by atoms with Gasteiger partial charge in [0.1, 0.15) is 13.2 Å². The predicted octanol–water partition coefficient (Wildman–Crippen LogP) is 7.18. The highest BCUT2D eigenvalue weighted by Crippen LogP contribution is 2.29. The Kier molecular flexibility index (Phi) is 14.3. The van der Waals surface area contributed by atoms with Crippen molar-refractivity contribution in [2.75, 3.05) is 13.2 Å². The molecule has 2 unspecified atom stereocenters. The largest absolute Gasteiger partial charge is 0.461 e. The van der Waals surface area contributed by atoms with Gasteiger partial charge in [-0.3, -0.25) is 14.4 Å². The van der Waals surface area contributed by atoms with Gasteiger partial charge in [0.05, 0.1) is 28.9 Å². The molecule has 3 aliphatic rings. The smallest absolute Gasteiger partial charge is 0.338 e. The lowest BCUT2D eigenvalue weighted by atomic mass is 9.89. The molecule has 3 aliphatic carbocycles. The average molecular weight is 691 g/mol. The van der Waals surface area contributed by atoms with Crippen LogP contribution in [0.25, 0.3) is 0 Å². The molecule has 3 saturated carbocycles. The zero-order valence-electron chi connectivity index (χ0n) is 28.8. The van der Waals surface area contributed by atoms with Gasteiger partial charge < -0.3 is 23.7 Å². The van der Waals surface area contributed by atoms with Crippen molar-refractivity contribution in [2.45, 2.75) is 115 Å². The highest BCUT2D eigenvalue weighted by Gasteiger charge is 2.42. The molecule has 50 heavy (non-hydrogen) atoms. The Labute approximate surface area is 294 Å². The van der Waals surface area contributed by atoms with Crippen molar-refractivity contribution in [3.63, 3.8) is 0 Å². The summed E-state index contributed by atoms with van der Waals surface area (Å²) in [7, 11) is 0. The predicted molar refractivity (Wildman–Crippen MR) is 183 cm³/mol. The monoisotopic (exact) mass is 690 g/mol. The van der Waals surface area contributed by atoms with E-state index in [4.69, 9.17) is 23.7 Å². The molecule has 0 spiro atoms. The average Bonchev–Trinajstić information content (AvgIpc) is 3.18. The molecule has 10 heteroatoms. The fourth-order valence-electron chi connectivity index (χ4n) is 7.15. The molecule has 0 saturated heterocycles. The van der Waals surface area contributed by atoms with Crippen LogP contribution in [-0.4, -0.2) is 61.4 Å². The minimum atomic E-state index is -1.46. The first-order chi connectivity index (χ1) is 24.4. The van der Waals surface area contributed by atoms with Gasteiger partial charge in [-0.25, -0.2) is 9.59 Å². The van der Waals surface area contributed by atoms with Crippen molar-refractivity contribution in [3.05, 3.63) is 71.8 Å². The summed E-state index contributed by atoms with van der Waals surface area (Å²) in [5.74, 6) is -3.86. The number of carbonyl (C=O) groups is 5. The molecule has 5 rings (SSSR count). The van der Waals surface area contributed by atoms with E-state index in [1.165, 1.54) is 0 Å². The molecule has 0 N–H and O–H groups in total. The second kappa shape index (κ2) is 19.3. The molecule has 0 aliphatic heterocycles. The molecule has 2 aromatic carbocycles. The van der Waals surface area contributed by atoms with Crippen LogP contribution >= 0.6 is 0 Å². The van der Waals surface area contributed by atoms with Crippen molar-refractivity contribution < 1.29 is 47.7 Å². The lowest BCUT2D eigenvalue weighted by Crippen LogP contribution is -2.51. The minimum Gasteiger partial charge on any atom is -0.461 e. The zero-order valence-corrected chi connectivity index (χ0v) is 28.8. The van der Waals surface area contributed by atoms with Crippen molar-refractivity contribution in [2.24, 2.45) is 17.8 Å². The van der Waals surface area contributed by atoms with Crippen LogP contribution in [0.3, 0.4) is 0 Å². The normalized spacial score (nSPS) is 19.3. The van der Waals surface area contributed by atoms with Gasteiger partial charge in [0, 0.05) is 0 Å². The summed E-state index contributed by atoms with van der Waals surface area (Å²) in [6.45, 7) is -0.904. The fraction of sp³-hybridized carbons (Fsp3) is 0.575. The van der Waals surface area contributed by atoms with Crippen LogP contribution in [-0.2, 0) is 38.1 Å². The molecule has 0 bridgehead atoms. The summed E-state index contributed by atoms with van der Waals surface area (Å²) in [6, 6.07) is 16.6. The molecule has 0 amide bonds. The van der Waals surface area contributed by atoms with E-state index in [9.17, 15) is 24.0 Å². The number of benzene rings is 2. The Morgan fingerprint density at radius 3 is 1.16 bits per heavy atom. The van der Waals surface area contributed by atoms with E-state index in [2.05, 4.69) is 0 Å². The topological polar surface area (TPSA) is 132 Å². The summed E-state index contributed by atoms with van der Waals surface area (Å²) in [5, 5.41) is 0. The number of rotatable bonds is 14. The second-order valence-corrected chi connectivity index (χ2v) is 13.8. The van der Waals surface area contributed by atoms with E-state index >= 15 is 0 Å². The molecule has 270 valence electrons. The fourth-order valence-corrected chi connectivity index (χ4v) is 7.15. The van der Waals surface area contributed by atoms with Gasteiger partial charge in [0.25, 0.3) is 0 Å². The van der Waals surface area contributed by atoms with Crippen LogP contribution < -0.4 is 0 Å². The van der Waals surface area contributed by atoms with Crippen LogP contribution in [0, 0.1) is 17.8 Å². The van der Waals surface area contributed by atoms with Crippen LogP contribution in [0.1, 0.15) is 117 Å². The van der Waals surface area contributed by atoms with Gasteiger partial charge in [-0.15, -0.1) is 0 Å². The standard InChI is InChI=1S/C40H50O10/c41-36(28-16-6-1-7-17-28)46-26-33(48-38(43)30-20-10-3-11-21-30)35(50-40(45)32-24-14-5-15-25-32)34(49-39(44)31-22-12-4-13-23-31)27-47-37(42)29-18-8-2-9-19-29/h3-4,10-13,20-23,28-29,32-35H,1-2,5-9,14-19,24-27H2. The first-order valence-corrected chi connectivity index (χ1v) is 18.4. The maximum absolute atomic E-state index is 13.8. The van der Waals surface area contributed by atoms with E-state index in [1.54, 1.807) is 60.7 Å². The van der Waals surface area contributed by atoms with Crippen LogP contribution in [0.5, 0.6) is 0 Å². The van der Waals surface area contributed by atoms with Crippen molar-refractivity contribution in [3.8, 4) is 0 Å².